The van der Waals surface area contributed by atoms with Crippen molar-refractivity contribution in [1.82, 2.24) is 0 Å². The van der Waals surface area contributed by atoms with Gasteiger partial charge in [0, 0.05) is 38.2 Å². The first-order valence-corrected chi connectivity index (χ1v) is 20.6. The lowest BCUT2D eigenvalue weighted by atomic mass is 9.61. The topological polar surface area (TPSA) is 12.5 Å². The molecule has 1 unspecified atom stereocenters. The van der Waals surface area contributed by atoms with Crippen LogP contribution in [0.2, 0.25) is 0 Å². The summed E-state index contributed by atoms with van der Waals surface area (Å²) in [5.41, 5.74) is 10.6. The maximum atomic E-state index is 6.77. The van der Waals surface area contributed by atoms with E-state index in [9.17, 15) is 0 Å². The Bertz CT molecular complexity index is 2480. The fourth-order valence-corrected chi connectivity index (χ4v) is 13.7. The highest BCUT2D eigenvalue weighted by Crippen LogP contribution is 2.63. The Labute approximate surface area is 302 Å². The molecule has 3 aliphatic rings. The second-order valence-corrected chi connectivity index (χ2v) is 18.8. The summed E-state index contributed by atoms with van der Waals surface area (Å²) in [5, 5.41) is 3.37. The highest BCUT2D eigenvalue weighted by atomic mass is 32.4. The number of fused-ring (bicyclic) bond motifs is 10. The van der Waals surface area contributed by atoms with Crippen molar-refractivity contribution in [2.45, 2.75) is 29.1 Å². The molecular weight excluding hydrogens is 666 g/mol. The monoisotopic (exact) mass is 697 g/mol. The van der Waals surface area contributed by atoms with Crippen molar-refractivity contribution in [3.05, 3.63) is 191 Å². The van der Waals surface area contributed by atoms with Crippen molar-refractivity contribution >= 4 is 62.6 Å². The fourth-order valence-electron chi connectivity index (χ4n) is 8.37. The predicted octanol–water partition coefficient (Wildman–Crippen LogP) is 10.8. The van der Waals surface area contributed by atoms with E-state index in [2.05, 4.69) is 170 Å². The van der Waals surface area contributed by atoms with Crippen LogP contribution in [0.4, 0.5) is 17.1 Å². The molecule has 10 rings (SSSR count). The summed E-state index contributed by atoms with van der Waals surface area (Å²) in [7, 11) is 0. The predicted molar refractivity (Wildman–Crippen MR) is 213 cm³/mol. The van der Waals surface area contributed by atoms with E-state index in [4.69, 9.17) is 16.5 Å². The molecule has 240 valence electrons. The van der Waals surface area contributed by atoms with Gasteiger partial charge in [-0.2, -0.15) is 0 Å². The summed E-state index contributed by atoms with van der Waals surface area (Å²) in [4.78, 5) is 5.04. The minimum Gasteiger partial charge on any atom is -0.456 e. The lowest BCUT2D eigenvalue weighted by molar-refractivity contribution is 0.488. The molecule has 0 bridgehead atoms. The molecule has 0 fully saturated rings. The van der Waals surface area contributed by atoms with Gasteiger partial charge in [-0.25, -0.2) is 0 Å². The van der Waals surface area contributed by atoms with Gasteiger partial charge in [-0.05, 0) is 89.9 Å². The van der Waals surface area contributed by atoms with Crippen LogP contribution in [0, 0.1) is 13.8 Å². The molecule has 1 atom stereocenters. The quantitative estimate of drug-likeness (QED) is 0.167. The van der Waals surface area contributed by atoms with Crippen molar-refractivity contribution in [2.24, 2.45) is 0 Å². The van der Waals surface area contributed by atoms with E-state index in [0.717, 1.165) is 27.8 Å². The van der Waals surface area contributed by atoms with Gasteiger partial charge in [-0.15, -0.1) is 0 Å². The van der Waals surface area contributed by atoms with Crippen LogP contribution in [0.1, 0.15) is 33.4 Å². The lowest BCUT2D eigenvalue weighted by Gasteiger charge is -2.49. The van der Waals surface area contributed by atoms with Gasteiger partial charge in [0.1, 0.15) is 11.5 Å². The number of hydrogen-bond donors (Lipinski definition) is 0. The molecule has 3 aliphatic heterocycles. The molecular formula is C45H32NOPS2. The van der Waals surface area contributed by atoms with Crippen LogP contribution in [-0.4, -0.2) is 0 Å². The molecule has 3 heterocycles. The molecule has 2 nitrogen and oxygen atoms in total. The Hall–Kier alpha value is -4.86. The maximum absolute atomic E-state index is 6.77. The Kier molecular flexibility index (Phi) is 6.64. The summed E-state index contributed by atoms with van der Waals surface area (Å²) >= 11 is 8.63. The van der Waals surface area contributed by atoms with Gasteiger partial charge in [-0.1, -0.05) is 138 Å². The van der Waals surface area contributed by atoms with E-state index in [0.29, 0.717) is 0 Å². The van der Waals surface area contributed by atoms with Crippen LogP contribution < -0.4 is 25.6 Å². The molecule has 1 spiro atoms. The zero-order valence-corrected chi connectivity index (χ0v) is 30.2. The van der Waals surface area contributed by atoms with Gasteiger partial charge >= 0.3 is 0 Å². The SMILES string of the molecule is Cc1ccc2c(c1)C1(c3ccccc3Sc3ccccc31)c1cc(C)ccc1N2c1ccc2c(c1)Oc1ccccc1P2(=S)c1ccccc1. The number of ether oxygens (including phenoxy) is 1. The Morgan fingerprint density at radius 1 is 0.540 bits per heavy atom. The standard InChI is InChI=1S/C45H32NOPS2/c1-29-20-23-37-35(26-29)45(33-14-6-10-18-43(33)50-44-19-11-7-15-34(44)45)36-27-30(2)21-24-38(36)46(37)31-22-25-42-40(28-31)47-39-16-8-9-17-41(39)48(42,49)32-12-4-3-5-13-32/h3-28H,1-2H3. The summed E-state index contributed by atoms with van der Waals surface area (Å²) in [6.45, 7) is 4.42. The highest BCUT2D eigenvalue weighted by molar-refractivity contribution is 8.25. The summed E-state index contributed by atoms with van der Waals surface area (Å²) in [6.07, 6.45) is 0. The number of rotatable bonds is 2. The zero-order chi connectivity index (χ0) is 33.6. The molecule has 0 saturated carbocycles. The van der Waals surface area contributed by atoms with Crippen LogP contribution in [0.15, 0.2) is 168 Å². The molecule has 0 radical (unpaired) electrons. The molecule has 50 heavy (non-hydrogen) atoms. The van der Waals surface area contributed by atoms with Crippen molar-refractivity contribution in [3.8, 4) is 11.5 Å². The zero-order valence-electron chi connectivity index (χ0n) is 27.6. The molecule has 5 heteroatoms. The largest absolute Gasteiger partial charge is 0.456 e. The van der Waals surface area contributed by atoms with Crippen LogP contribution in [0.25, 0.3) is 0 Å². The summed E-state index contributed by atoms with van der Waals surface area (Å²) in [5.74, 6) is 1.68. The second-order valence-electron chi connectivity index (χ2n) is 13.4. The van der Waals surface area contributed by atoms with E-state index < -0.39 is 11.5 Å². The number of benzene rings is 7. The first-order chi connectivity index (χ1) is 24.5. The number of para-hydroxylation sites is 1. The van der Waals surface area contributed by atoms with Gasteiger partial charge in [0.25, 0.3) is 0 Å². The Balaban J connectivity index is 1.26. The third-order valence-corrected chi connectivity index (χ3v) is 16.6. The van der Waals surface area contributed by atoms with E-state index in [1.807, 2.05) is 17.8 Å². The average molecular weight is 698 g/mol. The molecule has 0 N–H and O–H groups in total. The number of anilines is 3. The van der Waals surface area contributed by atoms with Crippen molar-refractivity contribution in [3.63, 3.8) is 0 Å². The van der Waals surface area contributed by atoms with Crippen molar-refractivity contribution in [1.29, 1.82) is 0 Å². The van der Waals surface area contributed by atoms with Gasteiger partial charge in [0.15, 0.2) is 0 Å². The van der Waals surface area contributed by atoms with E-state index in [1.54, 1.807) is 0 Å². The molecule has 7 aromatic rings. The van der Waals surface area contributed by atoms with Crippen molar-refractivity contribution < 1.29 is 4.74 Å². The van der Waals surface area contributed by atoms with E-state index in [1.165, 1.54) is 59.9 Å². The normalized spacial score (nSPS) is 17.4. The van der Waals surface area contributed by atoms with E-state index in [-0.39, 0.29) is 0 Å². The third-order valence-electron chi connectivity index (χ3n) is 10.5. The Morgan fingerprint density at radius 2 is 1.10 bits per heavy atom. The average Bonchev–Trinajstić information content (AvgIpc) is 3.15. The molecule has 0 amide bonds. The minimum atomic E-state index is -2.36. The summed E-state index contributed by atoms with van der Waals surface area (Å²) in [6, 6.07) is 55.2. The number of nitrogens with zero attached hydrogens (tertiary/aromatic N) is 1. The van der Waals surface area contributed by atoms with E-state index >= 15 is 0 Å². The smallest absolute Gasteiger partial charge is 0.138 e. The fraction of sp³-hybridized carbons (Fsp3) is 0.0667. The van der Waals surface area contributed by atoms with Gasteiger partial charge in [0.2, 0.25) is 0 Å². The first kappa shape index (κ1) is 30.0. The lowest BCUT2D eigenvalue weighted by Crippen LogP contribution is -2.40. The number of aryl methyl sites for hydroxylation is 2. The molecule has 0 saturated heterocycles. The van der Waals surface area contributed by atoms with Crippen LogP contribution in [-0.2, 0) is 17.2 Å². The van der Waals surface area contributed by atoms with Crippen molar-refractivity contribution in [2.75, 3.05) is 4.90 Å². The van der Waals surface area contributed by atoms with Gasteiger partial charge in [0.05, 0.1) is 16.8 Å². The number of hydrogen-bond acceptors (Lipinski definition) is 4. The maximum Gasteiger partial charge on any atom is 0.138 e. The highest BCUT2D eigenvalue weighted by Gasteiger charge is 2.50. The Morgan fingerprint density at radius 3 is 1.76 bits per heavy atom. The third kappa shape index (κ3) is 4.07. The van der Waals surface area contributed by atoms with Gasteiger partial charge < -0.3 is 9.64 Å². The summed E-state index contributed by atoms with van der Waals surface area (Å²) < 4.78 is 6.77. The van der Waals surface area contributed by atoms with Crippen LogP contribution in [0.3, 0.4) is 0 Å². The molecule has 0 aliphatic carbocycles. The molecule has 7 aromatic carbocycles. The van der Waals surface area contributed by atoms with Gasteiger partial charge in [-0.3, -0.25) is 0 Å². The van der Waals surface area contributed by atoms with Crippen LogP contribution >= 0.6 is 17.8 Å². The van der Waals surface area contributed by atoms with Crippen LogP contribution in [0.5, 0.6) is 11.5 Å². The molecule has 0 aromatic heterocycles. The first-order valence-electron chi connectivity index (χ1n) is 16.9. The second kappa shape index (κ2) is 11.1. The minimum absolute atomic E-state index is 0.490.